The standard InChI is InChI=1S/C19H18N4O.C2HF3O2/c20-18(21)16-7-6-15-11-17(9-8-14(15)10-16)23-19(24)22-12-13-4-2-1-3-5-13;3-2(4,5)1(6)7/h1-11H,12H2,(H3,20,21)(H2,22,23,24);(H,6,7). The van der Waals surface area contributed by atoms with Crippen molar-refractivity contribution in [3.63, 3.8) is 0 Å². The van der Waals surface area contributed by atoms with E-state index in [-0.39, 0.29) is 11.9 Å². The number of fused-ring (bicyclic) bond motifs is 1. The number of benzene rings is 3. The largest absolute Gasteiger partial charge is 0.490 e. The Labute approximate surface area is 175 Å². The molecule has 10 heteroatoms. The Morgan fingerprint density at radius 1 is 0.968 bits per heavy atom. The van der Waals surface area contributed by atoms with Crippen LogP contribution < -0.4 is 16.4 Å². The summed E-state index contributed by atoms with van der Waals surface area (Å²) in [6.07, 6.45) is -5.08. The van der Waals surface area contributed by atoms with Gasteiger partial charge in [-0.25, -0.2) is 9.59 Å². The molecule has 3 aromatic carbocycles. The van der Waals surface area contributed by atoms with Gasteiger partial charge < -0.3 is 21.5 Å². The summed E-state index contributed by atoms with van der Waals surface area (Å²) in [7, 11) is 0. The van der Waals surface area contributed by atoms with Gasteiger partial charge in [0.1, 0.15) is 5.84 Å². The highest BCUT2D eigenvalue weighted by Gasteiger charge is 2.38. The van der Waals surface area contributed by atoms with Gasteiger partial charge >= 0.3 is 18.2 Å². The molecule has 0 aromatic heterocycles. The first kappa shape index (κ1) is 23.2. The summed E-state index contributed by atoms with van der Waals surface area (Å²) in [5.74, 6) is -2.72. The Kier molecular flexibility index (Phi) is 7.56. The van der Waals surface area contributed by atoms with Gasteiger partial charge in [0.15, 0.2) is 0 Å². The lowest BCUT2D eigenvalue weighted by Crippen LogP contribution is -2.28. The Morgan fingerprint density at radius 3 is 2.13 bits per heavy atom. The zero-order valence-electron chi connectivity index (χ0n) is 16.0. The van der Waals surface area contributed by atoms with Crippen molar-refractivity contribution in [3.8, 4) is 0 Å². The zero-order valence-corrected chi connectivity index (χ0v) is 16.0. The van der Waals surface area contributed by atoms with Crippen LogP contribution in [0.5, 0.6) is 0 Å². The minimum absolute atomic E-state index is 0.0411. The van der Waals surface area contributed by atoms with E-state index >= 15 is 0 Å². The number of carboxylic acids is 1. The lowest BCUT2D eigenvalue weighted by atomic mass is 10.1. The predicted octanol–water partition coefficient (Wildman–Crippen LogP) is 4.08. The summed E-state index contributed by atoms with van der Waals surface area (Å²) in [6.45, 7) is 0.474. The number of alkyl halides is 3. The molecule has 6 N–H and O–H groups in total. The molecule has 3 aromatic rings. The van der Waals surface area contributed by atoms with Gasteiger partial charge in [0.2, 0.25) is 0 Å². The molecule has 0 bridgehead atoms. The molecule has 0 radical (unpaired) electrons. The number of rotatable bonds is 4. The Balaban J connectivity index is 0.000000423. The number of nitrogens with two attached hydrogens (primary N) is 1. The summed E-state index contributed by atoms with van der Waals surface area (Å²) in [6, 6.07) is 20.6. The fourth-order valence-corrected chi connectivity index (χ4v) is 2.44. The van der Waals surface area contributed by atoms with Crippen LogP contribution in [0.25, 0.3) is 10.8 Å². The molecule has 162 valence electrons. The number of amides is 2. The van der Waals surface area contributed by atoms with E-state index < -0.39 is 12.1 Å². The minimum atomic E-state index is -5.08. The number of carbonyl (C=O) groups is 2. The fourth-order valence-electron chi connectivity index (χ4n) is 2.44. The second kappa shape index (κ2) is 10.1. The number of carboxylic acid groups (broad SMARTS) is 1. The van der Waals surface area contributed by atoms with Gasteiger partial charge in [-0.05, 0) is 34.5 Å². The number of urea groups is 1. The van der Waals surface area contributed by atoms with Gasteiger partial charge in [0, 0.05) is 17.8 Å². The number of nitrogen functional groups attached to an aromatic ring is 1. The molecule has 0 fully saturated rings. The van der Waals surface area contributed by atoms with Crippen molar-refractivity contribution in [2.45, 2.75) is 12.7 Å². The van der Waals surface area contributed by atoms with Crippen LogP contribution in [0.4, 0.5) is 23.7 Å². The Bertz CT molecular complexity index is 1090. The maximum absolute atomic E-state index is 12.0. The lowest BCUT2D eigenvalue weighted by molar-refractivity contribution is -0.192. The third kappa shape index (κ3) is 7.35. The maximum atomic E-state index is 12.0. The molecule has 0 spiro atoms. The number of amidine groups is 1. The zero-order chi connectivity index (χ0) is 23.0. The first-order valence-electron chi connectivity index (χ1n) is 8.83. The van der Waals surface area contributed by atoms with Crippen LogP contribution >= 0.6 is 0 Å². The molecule has 0 aliphatic rings. The monoisotopic (exact) mass is 432 g/mol. The minimum Gasteiger partial charge on any atom is -0.475 e. The summed E-state index contributed by atoms with van der Waals surface area (Å²) < 4.78 is 31.7. The number of aliphatic carboxylic acids is 1. The van der Waals surface area contributed by atoms with Gasteiger partial charge in [-0.3, -0.25) is 5.41 Å². The van der Waals surface area contributed by atoms with Crippen LogP contribution in [0.3, 0.4) is 0 Å². The van der Waals surface area contributed by atoms with Crippen LogP contribution in [0.1, 0.15) is 11.1 Å². The molecule has 0 saturated heterocycles. The van der Waals surface area contributed by atoms with Gasteiger partial charge in [-0.1, -0.05) is 48.5 Å². The number of hydrogen-bond acceptors (Lipinski definition) is 3. The molecule has 0 saturated carbocycles. The average Bonchev–Trinajstić information content (AvgIpc) is 2.72. The lowest BCUT2D eigenvalue weighted by Gasteiger charge is -2.09. The second-order valence-corrected chi connectivity index (χ2v) is 6.29. The van der Waals surface area contributed by atoms with Crippen molar-refractivity contribution in [2.75, 3.05) is 5.32 Å². The van der Waals surface area contributed by atoms with E-state index in [4.69, 9.17) is 21.0 Å². The molecular formula is C21H19F3N4O3. The summed E-state index contributed by atoms with van der Waals surface area (Å²) in [5, 5.41) is 22.2. The van der Waals surface area contributed by atoms with Crippen LogP contribution in [-0.2, 0) is 11.3 Å². The van der Waals surface area contributed by atoms with Crippen molar-refractivity contribution < 1.29 is 27.9 Å². The van der Waals surface area contributed by atoms with Gasteiger partial charge in [0.05, 0.1) is 0 Å². The molecule has 0 unspecified atom stereocenters. The Morgan fingerprint density at radius 2 is 1.55 bits per heavy atom. The maximum Gasteiger partial charge on any atom is 0.490 e. The highest BCUT2D eigenvalue weighted by molar-refractivity contribution is 6.00. The summed E-state index contributed by atoms with van der Waals surface area (Å²) >= 11 is 0. The normalized spacial score (nSPS) is 10.5. The molecule has 0 atom stereocenters. The smallest absolute Gasteiger partial charge is 0.475 e. The van der Waals surface area contributed by atoms with Crippen molar-refractivity contribution in [3.05, 3.63) is 77.9 Å². The summed E-state index contributed by atoms with van der Waals surface area (Å²) in [4.78, 5) is 20.9. The van der Waals surface area contributed by atoms with Crippen molar-refractivity contribution in [1.82, 2.24) is 5.32 Å². The molecule has 0 aliphatic heterocycles. The van der Waals surface area contributed by atoms with Crippen LogP contribution in [0, 0.1) is 5.41 Å². The molecular weight excluding hydrogens is 413 g/mol. The summed E-state index contributed by atoms with van der Waals surface area (Å²) in [5.41, 5.74) is 7.94. The number of halogens is 3. The quantitative estimate of drug-likeness (QED) is 0.314. The highest BCUT2D eigenvalue weighted by atomic mass is 19.4. The third-order valence-electron chi connectivity index (χ3n) is 3.95. The third-order valence-corrected chi connectivity index (χ3v) is 3.95. The fraction of sp³-hybridized carbons (Fsp3) is 0.0952. The van der Waals surface area contributed by atoms with Crippen LogP contribution in [0.15, 0.2) is 66.7 Å². The molecule has 3 rings (SSSR count). The van der Waals surface area contributed by atoms with Crippen LogP contribution in [0.2, 0.25) is 0 Å². The first-order valence-corrected chi connectivity index (χ1v) is 8.83. The van der Waals surface area contributed by atoms with E-state index in [1.165, 1.54) is 0 Å². The van der Waals surface area contributed by atoms with Crippen molar-refractivity contribution in [2.24, 2.45) is 5.73 Å². The number of anilines is 1. The van der Waals surface area contributed by atoms with Crippen molar-refractivity contribution in [1.29, 1.82) is 5.41 Å². The molecule has 7 nitrogen and oxygen atoms in total. The topological polar surface area (TPSA) is 128 Å². The SMILES string of the molecule is N=C(N)c1ccc2cc(NC(=O)NCc3ccccc3)ccc2c1.O=C(O)C(F)(F)F. The second-order valence-electron chi connectivity index (χ2n) is 6.29. The van der Waals surface area contributed by atoms with Gasteiger partial charge in [0.25, 0.3) is 0 Å². The average molecular weight is 432 g/mol. The van der Waals surface area contributed by atoms with E-state index in [9.17, 15) is 18.0 Å². The van der Waals surface area contributed by atoms with E-state index in [2.05, 4.69) is 10.6 Å². The predicted molar refractivity (Wildman–Crippen MR) is 111 cm³/mol. The molecule has 2 amide bonds. The van der Waals surface area contributed by atoms with Crippen molar-refractivity contribution >= 4 is 34.3 Å². The van der Waals surface area contributed by atoms with Gasteiger partial charge in [-0.2, -0.15) is 13.2 Å². The first-order chi connectivity index (χ1) is 14.6. The number of carbonyl (C=O) groups excluding carboxylic acids is 1. The van der Waals surface area contributed by atoms with E-state index in [1.807, 2.05) is 60.7 Å². The van der Waals surface area contributed by atoms with Crippen LogP contribution in [-0.4, -0.2) is 29.1 Å². The molecule has 0 aliphatic carbocycles. The Hall–Kier alpha value is -4.08. The molecule has 0 heterocycles. The van der Waals surface area contributed by atoms with E-state index in [0.29, 0.717) is 17.8 Å². The highest BCUT2D eigenvalue weighted by Crippen LogP contribution is 2.20. The van der Waals surface area contributed by atoms with Gasteiger partial charge in [-0.15, -0.1) is 0 Å². The van der Waals surface area contributed by atoms with E-state index in [1.54, 1.807) is 6.07 Å². The number of hydrogen-bond donors (Lipinski definition) is 5. The van der Waals surface area contributed by atoms with E-state index in [0.717, 1.165) is 16.3 Å². The number of nitrogens with one attached hydrogen (secondary N) is 3. The molecule has 31 heavy (non-hydrogen) atoms.